The molecule has 7 heteroatoms. The SMILES string of the molecule is Cn1nc(-c2ccccn2)cc1N.N#CCC(=O)c1ccccn1. The molecule has 0 spiro atoms. The molecule has 0 atom stereocenters. The Labute approximate surface area is 139 Å². The summed E-state index contributed by atoms with van der Waals surface area (Å²) in [6.45, 7) is 0. The summed E-state index contributed by atoms with van der Waals surface area (Å²) in [7, 11) is 1.81. The maximum absolute atomic E-state index is 11.0. The first-order chi connectivity index (χ1) is 11.6. The summed E-state index contributed by atoms with van der Waals surface area (Å²) in [5, 5.41) is 12.4. The predicted molar refractivity (Wildman–Crippen MR) is 89.6 cm³/mol. The van der Waals surface area contributed by atoms with E-state index in [2.05, 4.69) is 15.1 Å². The van der Waals surface area contributed by atoms with E-state index in [-0.39, 0.29) is 12.2 Å². The number of nitrogens with two attached hydrogens (primary N) is 1. The van der Waals surface area contributed by atoms with E-state index in [1.165, 1.54) is 6.20 Å². The van der Waals surface area contributed by atoms with E-state index >= 15 is 0 Å². The highest BCUT2D eigenvalue weighted by atomic mass is 16.1. The van der Waals surface area contributed by atoms with Gasteiger partial charge >= 0.3 is 0 Å². The Morgan fingerprint density at radius 3 is 2.38 bits per heavy atom. The molecule has 0 saturated heterocycles. The second-order valence-corrected chi connectivity index (χ2v) is 4.77. The van der Waals surface area contributed by atoms with Crippen LogP contribution in [0.3, 0.4) is 0 Å². The van der Waals surface area contributed by atoms with Gasteiger partial charge in [0.2, 0.25) is 0 Å². The molecule has 0 fully saturated rings. The lowest BCUT2D eigenvalue weighted by atomic mass is 10.2. The van der Waals surface area contributed by atoms with Crippen LogP contribution in [-0.2, 0) is 7.05 Å². The molecule has 24 heavy (non-hydrogen) atoms. The lowest BCUT2D eigenvalue weighted by Gasteiger charge is -1.92. The number of nitrogens with zero attached hydrogens (tertiary/aromatic N) is 5. The van der Waals surface area contributed by atoms with Gasteiger partial charge in [-0.05, 0) is 24.3 Å². The molecule has 3 aromatic heterocycles. The van der Waals surface area contributed by atoms with Gasteiger partial charge in [-0.1, -0.05) is 12.1 Å². The number of hydrogen-bond acceptors (Lipinski definition) is 6. The summed E-state index contributed by atoms with van der Waals surface area (Å²) in [6.07, 6.45) is 3.17. The van der Waals surface area contributed by atoms with E-state index in [4.69, 9.17) is 11.0 Å². The third-order valence-electron chi connectivity index (χ3n) is 3.03. The Morgan fingerprint density at radius 2 is 1.88 bits per heavy atom. The van der Waals surface area contributed by atoms with Crippen molar-refractivity contribution < 1.29 is 4.79 Å². The second kappa shape index (κ2) is 8.19. The lowest BCUT2D eigenvalue weighted by Crippen LogP contribution is -1.99. The monoisotopic (exact) mass is 320 g/mol. The molecule has 0 aliphatic carbocycles. The van der Waals surface area contributed by atoms with Crippen molar-refractivity contribution in [3.8, 4) is 17.5 Å². The molecule has 3 aromatic rings. The summed E-state index contributed by atoms with van der Waals surface area (Å²) >= 11 is 0. The molecule has 2 N–H and O–H groups in total. The Hall–Kier alpha value is -3.53. The van der Waals surface area contributed by atoms with Crippen LogP contribution in [0.5, 0.6) is 0 Å². The van der Waals surface area contributed by atoms with E-state index in [1.807, 2.05) is 31.3 Å². The summed E-state index contributed by atoms with van der Waals surface area (Å²) in [5.41, 5.74) is 7.65. The number of aryl methyl sites for hydroxylation is 1. The van der Waals surface area contributed by atoms with Crippen LogP contribution < -0.4 is 5.73 Å². The zero-order chi connectivity index (χ0) is 17.4. The minimum Gasteiger partial charge on any atom is -0.384 e. The van der Waals surface area contributed by atoms with Crippen molar-refractivity contribution in [2.45, 2.75) is 6.42 Å². The highest BCUT2D eigenvalue weighted by molar-refractivity contribution is 5.95. The fourth-order valence-electron chi connectivity index (χ4n) is 1.81. The topological polar surface area (TPSA) is 110 Å². The van der Waals surface area contributed by atoms with Gasteiger partial charge in [-0.3, -0.25) is 19.4 Å². The molecule has 0 amide bonds. The van der Waals surface area contributed by atoms with Crippen molar-refractivity contribution in [1.29, 1.82) is 5.26 Å². The molecular weight excluding hydrogens is 304 g/mol. The lowest BCUT2D eigenvalue weighted by molar-refractivity contribution is 0.0993. The number of rotatable bonds is 3. The standard InChI is InChI=1S/C9H10N4.C8H6N2O/c1-13-9(10)6-8(12-13)7-4-2-3-5-11-7;9-5-4-8(11)7-3-1-2-6-10-7/h2-6H,10H2,1H3;1-3,6H,4H2. The van der Waals surface area contributed by atoms with Crippen molar-refractivity contribution in [2.75, 3.05) is 5.73 Å². The summed E-state index contributed by atoms with van der Waals surface area (Å²) < 4.78 is 1.63. The van der Waals surface area contributed by atoms with Crippen LogP contribution in [0.2, 0.25) is 0 Å². The Bertz CT molecular complexity index is 817. The Kier molecular flexibility index (Phi) is 5.75. The van der Waals surface area contributed by atoms with E-state index in [1.54, 1.807) is 35.1 Å². The molecule has 3 heterocycles. The zero-order valence-corrected chi connectivity index (χ0v) is 13.1. The number of nitriles is 1. The van der Waals surface area contributed by atoms with Crippen molar-refractivity contribution in [3.05, 3.63) is 60.6 Å². The van der Waals surface area contributed by atoms with Crippen LogP contribution in [0.25, 0.3) is 11.4 Å². The normalized spacial score (nSPS) is 9.50. The smallest absolute Gasteiger partial charge is 0.195 e. The maximum Gasteiger partial charge on any atom is 0.195 e. The van der Waals surface area contributed by atoms with Crippen LogP contribution in [0.15, 0.2) is 54.9 Å². The van der Waals surface area contributed by atoms with Gasteiger partial charge < -0.3 is 5.73 Å². The fraction of sp³-hybridized carbons (Fsp3) is 0.118. The molecule has 0 radical (unpaired) electrons. The maximum atomic E-state index is 11.0. The quantitative estimate of drug-likeness (QED) is 0.741. The van der Waals surface area contributed by atoms with E-state index < -0.39 is 0 Å². The van der Waals surface area contributed by atoms with Gasteiger partial charge in [0.25, 0.3) is 0 Å². The van der Waals surface area contributed by atoms with Gasteiger partial charge in [0.15, 0.2) is 5.78 Å². The number of aromatic nitrogens is 4. The summed E-state index contributed by atoms with van der Waals surface area (Å²) in [4.78, 5) is 18.9. The molecular formula is C17H16N6O. The first-order valence-corrected chi connectivity index (χ1v) is 7.14. The Balaban J connectivity index is 0.000000177. The number of hydrogen-bond donors (Lipinski definition) is 1. The first-order valence-electron chi connectivity index (χ1n) is 7.14. The molecule has 3 rings (SSSR count). The van der Waals surface area contributed by atoms with Crippen molar-refractivity contribution >= 4 is 11.6 Å². The van der Waals surface area contributed by atoms with E-state index in [0.29, 0.717) is 11.5 Å². The van der Waals surface area contributed by atoms with Gasteiger partial charge in [-0.15, -0.1) is 0 Å². The minimum atomic E-state index is -0.229. The third kappa shape index (κ3) is 4.48. The highest BCUT2D eigenvalue weighted by Gasteiger charge is 2.04. The van der Waals surface area contributed by atoms with Crippen LogP contribution in [0, 0.1) is 11.3 Å². The van der Waals surface area contributed by atoms with Crippen molar-refractivity contribution in [2.24, 2.45) is 7.05 Å². The number of ketones is 1. The highest BCUT2D eigenvalue weighted by Crippen LogP contribution is 2.16. The van der Waals surface area contributed by atoms with Crippen LogP contribution >= 0.6 is 0 Å². The average molecular weight is 320 g/mol. The minimum absolute atomic E-state index is 0.100. The van der Waals surface area contributed by atoms with Crippen LogP contribution in [-0.4, -0.2) is 25.5 Å². The van der Waals surface area contributed by atoms with Crippen LogP contribution in [0.4, 0.5) is 5.82 Å². The average Bonchev–Trinajstić information content (AvgIpc) is 2.96. The third-order valence-corrected chi connectivity index (χ3v) is 3.03. The van der Waals surface area contributed by atoms with Gasteiger partial charge in [-0.25, -0.2) is 0 Å². The van der Waals surface area contributed by atoms with E-state index in [0.717, 1.165) is 11.4 Å². The van der Waals surface area contributed by atoms with Gasteiger partial charge in [0.1, 0.15) is 23.6 Å². The molecule has 0 aliphatic rings. The van der Waals surface area contributed by atoms with Crippen molar-refractivity contribution in [1.82, 2.24) is 19.7 Å². The number of anilines is 1. The molecule has 0 bridgehead atoms. The molecule has 0 saturated carbocycles. The molecule has 0 unspecified atom stereocenters. The van der Waals surface area contributed by atoms with E-state index in [9.17, 15) is 4.79 Å². The largest absolute Gasteiger partial charge is 0.384 e. The van der Waals surface area contributed by atoms with Crippen molar-refractivity contribution in [3.63, 3.8) is 0 Å². The molecule has 0 aromatic carbocycles. The fourth-order valence-corrected chi connectivity index (χ4v) is 1.81. The van der Waals surface area contributed by atoms with Gasteiger partial charge in [-0.2, -0.15) is 10.4 Å². The number of nitrogen functional groups attached to an aromatic ring is 1. The number of Topliss-reactive ketones (excluding diaryl/α,β-unsaturated/α-hetero) is 1. The van der Waals surface area contributed by atoms with Gasteiger partial charge in [0.05, 0.1) is 11.8 Å². The van der Waals surface area contributed by atoms with Crippen LogP contribution in [0.1, 0.15) is 16.9 Å². The Morgan fingerprint density at radius 1 is 1.17 bits per heavy atom. The molecule has 7 nitrogen and oxygen atoms in total. The zero-order valence-electron chi connectivity index (χ0n) is 13.1. The summed E-state index contributed by atoms with van der Waals surface area (Å²) in [5.74, 6) is 0.411. The number of carbonyl (C=O) groups is 1. The number of pyridine rings is 2. The molecule has 0 aliphatic heterocycles. The first kappa shape index (κ1) is 16.8. The number of carbonyl (C=O) groups excluding carboxylic acids is 1. The second-order valence-electron chi connectivity index (χ2n) is 4.77. The predicted octanol–water partition coefficient (Wildman–Crippen LogP) is 2.24. The summed E-state index contributed by atoms with van der Waals surface area (Å²) in [6, 6.07) is 14.3. The van der Waals surface area contributed by atoms with Gasteiger partial charge in [0, 0.05) is 25.5 Å². The molecule has 120 valence electrons.